The molecule has 3 aromatic rings. The Bertz CT molecular complexity index is 1130. The Balaban J connectivity index is 1.64. The molecule has 1 aromatic heterocycles. The minimum atomic E-state index is -0.408. The summed E-state index contributed by atoms with van der Waals surface area (Å²) < 4.78 is 13.6. The molecule has 27 heavy (non-hydrogen) atoms. The molecular formula is C21H18FN3O2. The van der Waals surface area contributed by atoms with E-state index >= 15 is 0 Å². The summed E-state index contributed by atoms with van der Waals surface area (Å²) in [6, 6.07) is 9.77. The Kier molecular flexibility index (Phi) is 3.60. The number of hydrogen-bond donors (Lipinski definition) is 1. The van der Waals surface area contributed by atoms with Crippen molar-refractivity contribution in [3.05, 3.63) is 63.7 Å². The first-order valence-electron chi connectivity index (χ1n) is 9.24. The average Bonchev–Trinajstić information content (AvgIpc) is 3.30. The topological polar surface area (TPSA) is 66.1 Å². The fourth-order valence-electron chi connectivity index (χ4n) is 4.33. The van der Waals surface area contributed by atoms with Crippen LogP contribution in [0, 0.1) is 5.82 Å². The van der Waals surface area contributed by atoms with Gasteiger partial charge in [0.25, 0.3) is 11.5 Å². The number of amides is 1. The summed E-state index contributed by atoms with van der Waals surface area (Å²) in [5.41, 5.74) is 2.89. The van der Waals surface area contributed by atoms with E-state index in [9.17, 15) is 14.0 Å². The van der Waals surface area contributed by atoms with E-state index in [1.807, 2.05) is 17.0 Å². The van der Waals surface area contributed by atoms with Gasteiger partial charge in [-0.15, -0.1) is 0 Å². The van der Waals surface area contributed by atoms with Crippen LogP contribution in [0.4, 0.5) is 4.39 Å². The maximum absolute atomic E-state index is 13.6. The predicted octanol–water partition coefficient (Wildman–Crippen LogP) is 3.63. The number of rotatable bonds is 2. The van der Waals surface area contributed by atoms with E-state index in [2.05, 4.69) is 9.97 Å². The zero-order valence-corrected chi connectivity index (χ0v) is 14.7. The van der Waals surface area contributed by atoms with Crippen molar-refractivity contribution in [1.82, 2.24) is 14.9 Å². The van der Waals surface area contributed by atoms with Crippen LogP contribution in [0.2, 0.25) is 0 Å². The second kappa shape index (κ2) is 6.01. The van der Waals surface area contributed by atoms with Crippen LogP contribution in [0.15, 0.2) is 41.2 Å². The number of fused-ring (bicyclic) bond motifs is 2. The smallest absolute Gasteiger partial charge is 0.274 e. The van der Waals surface area contributed by atoms with Crippen molar-refractivity contribution in [3.8, 4) is 11.3 Å². The van der Waals surface area contributed by atoms with Gasteiger partial charge in [-0.2, -0.15) is 0 Å². The van der Waals surface area contributed by atoms with Crippen molar-refractivity contribution in [2.45, 2.75) is 38.3 Å². The SMILES string of the molecule is O=C1c2cccc(-c3nc4cc(F)ccc4[nH]c3=O)c2CN1C1CCCC1. The molecule has 2 heterocycles. The standard InChI is InChI=1S/C21H18FN3O2/c22-12-8-9-17-18(10-12)23-19(20(26)24-17)14-6-3-7-15-16(14)11-25(21(15)27)13-4-1-2-5-13/h3,6-10,13H,1-2,4-5,11H2,(H,24,26). The molecule has 0 saturated heterocycles. The number of aromatic nitrogens is 2. The molecule has 5 rings (SSSR count). The van der Waals surface area contributed by atoms with Gasteiger partial charge in [0.05, 0.1) is 11.0 Å². The van der Waals surface area contributed by atoms with Gasteiger partial charge >= 0.3 is 0 Å². The second-order valence-corrected chi connectivity index (χ2v) is 7.28. The van der Waals surface area contributed by atoms with Crippen molar-refractivity contribution in [1.29, 1.82) is 0 Å². The van der Waals surface area contributed by atoms with Crippen molar-refractivity contribution in [2.24, 2.45) is 0 Å². The number of H-pyrrole nitrogens is 1. The van der Waals surface area contributed by atoms with Crippen LogP contribution in [0.1, 0.15) is 41.6 Å². The summed E-state index contributed by atoms with van der Waals surface area (Å²) in [5, 5.41) is 0. The van der Waals surface area contributed by atoms with Crippen molar-refractivity contribution in [3.63, 3.8) is 0 Å². The average molecular weight is 363 g/mol. The minimum absolute atomic E-state index is 0.0296. The number of carbonyl (C=O) groups is 1. The molecule has 1 aliphatic carbocycles. The third kappa shape index (κ3) is 2.55. The molecule has 1 saturated carbocycles. The van der Waals surface area contributed by atoms with Gasteiger partial charge in [0.2, 0.25) is 0 Å². The number of benzene rings is 2. The van der Waals surface area contributed by atoms with Crippen molar-refractivity contribution in [2.75, 3.05) is 0 Å². The number of nitrogens with zero attached hydrogens (tertiary/aromatic N) is 2. The van der Waals surface area contributed by atoms with Crippen LogP contribution >= 0.6 is 0 Å². The molecule has 0 atom stereocenters. The van der Waals surface area contributed by atoms with Gasteiger partial charge in [0.1, 0.15) is 11.5 Å². The molecule has 136 valence electrons. The highest BCUT2D eigenvalue weighted by Gasteiger charge is 2.35. The number of aromatic amines is 1. The number of halogens is 1. The Morgan fingerprint density at radius 2 is 1.85 bits per heavy atom. The Hall–Kier alpha value is -3.02. The van der Waals surface area contributed by atoms with E-state index in [1.165, 1.54) is 18.2 Å². The Morgan fingerprint density at radius 3 is 2.67 bits per heavy atom. The number of nitrogens with one attached hydrogen (secondary N) is 1. The Morgan fingerprint density at radius 1 is 1.07 bits per heavy atom. The van der Waals surface area contributed by atoms with Gasteiger partial charge in [-0.05, 0) is 36.6 Å². The van der Waals surface area contributed by atoms with E-state index in [1.54, 1.807) is 6.07 Å². The molecule has 5 nitrogen and oxygen atoms in total. The van der Waals surface area contributed by atoms with E-state index in [0.717, 1.165) is 31.2 Å². The predicted molar refractivity (Wildman–Crippen MR) is 99.9 cm³/mol. The first-order chi connectivity index (χ1) is 13.1. The molecule has 0 spiro atoms. The van der Waals surface area contributed by atoms with Gasteiger partial charge < -0.3 is 9.88 Å². The third-order valence-corrected chi connectivity index (χ3v) is 5.67. The maximum Gasteiger partial charge on any atom is 0.274 e. The molecule has 6 heteroatoms. The number of hydrogen-bond acceptors (Lipinski definition) is 3. The highest BCUT2D eigenvalue weighted by Crippen LogP contribution is 2.35. The zero-order valence-electron chi connectivity index (χ0n) is 14.7. The lowest BCUT2D eigenvalue weighted by molar-refractivity contribution is 0.0707. The van der Waals surface area contributed by atoms with Gasteiger partial charge in [-0.1, -0.05) is 25.0 Å². The van der Waals surface area contributed by atoms with Gasteiger partial charge in [-0.25, -0.2) is 9.37 Å². The van der Waals surface area contributed by atoms with Crippen LogP contribution in [0.5, 0.6) is 0 Å². The highest BCUT2D eigenvalue weighted by atomic mass is 19.1. The van der Waals surface area contributed by atoms with Crippen LogP contribution in [0.3, 0.4) is 0 Å². The summed E-state index contributed by atoms with van der Waals surface area (Å²) in [4.78, 5) is 34.6. The van der Waals surface area contributed by atoms with E-state index in [-0.39, 0.29) is 23.2 Å². The molecule has 0 bridgehead atoms. The number of carbonyl (C=O) groups excluding carboxylic acids is 1. The van der Waals surface area contributed by atoms with Crippen LogP contribution in [0.25, 0.3) is 22.3 Å². The summed E-state index contributed by atoms with van der Waals surface area (Å²) >= 11 is 0. The van der Waals surface area contributed by atoms with Crippen LogP contribution < -0.4 is 5.56 Å². The normalized spacial score (nSPS) is 17.1. The fourth-order valence-corrected chi connectivity index (χ4v) is 4.33. The molecule has 1 aliphatic heterocycles. The van der Waals surface area contributed by atoms with Crippen LogP contribution in [-0.4, -0.2) is 26.8 Å². The lowest BCUT2D eigenvalue weighted by atomic mass is 10.0. The molecule has 0 unspecified atom stereocenters. The first-order valence-corrected chi connectivity index (χ1v) is 9.24. The summed E-state index contributed by atoms with van der Waals surface area (Å²) in [5.74, 6) is -0.379. The molecule has 1 N–H and O–H groups in total. The fraction of sp³-hybridized carbons (Fsp3) is 0.286. The monoisotopic (exact) mass is 363 g/mol. The largest absolute Gasteiger partial charge is 0.331 e. The lowest BCUT2D eigenvalue weighted by Crippen LogP contribution is -2.33. The van der Waals surface area contributed by atoms with Crippen molar-refractivity contribution >= 4 is 16.9 Å². The molecule has 1 fully saturated rings. The summed E-state index contributed by atoms with van der Waals surface area (Å²) in [6.45, 7) is 0.497. The zero-order chi connectivity index (χ0) is 18.5. The highest BCUT2D eigenvalue weighted by molar-refractivity contribution is 6.00. The molecule has 1 amide bonds. The van der Waals surface area contributed by atoms with E-state index in [4.69, 9.17) is 0 Å². The van der Waals surface area contributed by atoms with E-state index < -0.39 is 5.82 Å². The molecule has 2 aliphatic rings. The molecule has 2 aromatic carbocycles. The first kappa shape index (κ1) is 16.2. The minimum Gasteiger partial charge on any atom is -0.331 e. The van der Waals surface area contributed by atoms with E-state index in [0.29, 0.717) is 28.7 Å². The van der Waals surface area contributed by atoms with Gasteiger partial charge in [0.15, 0.2) is 0 Å². The molecule has 0 radical (unpaired) electrons. The molecular weight excluding hydrogens is 345 g/mol. The van der Waals surface area contributed by atoms with Gasteiger partial charge in [0, 0.05) is 29.8 Å². The quantitative estimate of drug-likeness (QED) is 0.756. The lowest BCUT2D eigenvalue weighted by Gasteiger charge is -2.23. The van der Waals surface area contributed by atoms with Gasteiger partial charge in [-0.3, -0.25) is 9.59 Å². The van der Waals surface area contributed by atoms with Crippen LogP contribution in [-0.2, 0) is 6.54 Å². The summed E-state index contributed by atoms with van der Waals surface area (Å²) in [7, 11) is 0. The van der Waals surface area contributed by atoms with Crippen molar-refractivity contribution < 1.29 is 9.18 Å². The third-order valence-electron chi connectivity index (χ3n) is 5.67. The Labute approximate surface area is 154 Å². The second-order valence-electron chi connectivity index (χ2n) is 7.28. The maximum atomic E-state index is 13.6. The summed E-state index contributed by atoms with van der Waals surface area (Å²) in [6.07, 6.45) is 4.36.